The molecule has 0 aliphatic carbocycles. The number of rotatable bonds is 3. The summed E-state index contributed by atoms with van der Waals surface area (Å²) in [5, 5.41) is 3.43. The Labute approximate surface area is 106 Å². The van der Waals surface area contributed by atoms with E-state index in [0.29, 0.717) is 12.6 Å². The van der Waals surface area contributed by atoms with Crippen molar-refractivity contribution in [2.75, 3.05) is 19.8 Å². The van der Waals surface area contributed by atoms with Crippen LogP contribution in [-0.2, 0) is 4.74 Å². The summed E-state index contributed by atoms with van der Waals surface area (Å²) >= 11 is 0. The number of likely N-dealkylation sites (N-methyl/N-ethyl adjacent to an activating group) is 1. The molecule has 2 heterocycles. The van der Waals surface area contributed by atoms with Gasteiger partial charge >= 0.3 is 0 Å². The number of para-hydroxylation sites is 1. The van der Waals surface area contributed by atoms with Crippen LogP contribution in [0.1, 0.15) is 24.3 Å². The van der Waals surface area contributed by atoms with Gasteiger partial charge in [0.15, 0.2) is 5.58 Å². The van der Waals surface area contributed by atoms with Gasteiger partial charge in [-0.25, -0.2) is 4.98 Å². The number of fused-ring (bicyclic) bond motifs is 1. The Bertz CT molecular complexity index is 550. The summed E-state index contributed by atoms with van der Waals surface area (Å²) in [4.78, 5) is 4.64. The number of aromatic nitrogens is 1. The minimum atomic E-state index is 0.219. The maximum Gasteiger partial charge on any atom is 0.202 e. The zero-order valence-electron chi connectivity index (χ0n) is 10.8. The van der Waals surface area contributed by atoms with Crippen molar-refractivity contribution in [3.8, 4) is 0 Å². The molecule has 1 N–H and O–H groups in total. The van der Waals surface area contributed by atoms with E-state index in [4.69, 9.17) is 9.15 Å². The molecule has 1 aliphatic rings. The van der Waals surface area contributed by atoms with E-state index in [1.165, 1.54) is 0 Å². The fraction of sp³-hybridized carbons (Fsp3) is 0.500. The summed E-state index contributed by atoms with van der Waals surface area (Å²) in [6.07, 6.45) is 0. The van der Waals surface area contributed by atoms with Crippen molar-refractivity contribution in [3.63, 3.8) is 0 Å². The van der Waals surface area contributed by atoms with Gasteiger partial charge in [0, 0.05) is 6.04 Å². The van der Waals surface area contributed by atoms with Gasteiger partial charge < -0.3 is 14.5 Å². The molecule has 0 bridgehead atoms. The number of ether oxygens (including phenoxy) is 1. The van der Waals surface area contributed by atoms with Gasteiger partial charge in [-0.15, -0.1) is 0 Å². The Morgan fingerprint density at radius 1 is 1.39 bits per heavy atom. The van der Waals surface area contributed by atoms with E-state index < -0.39 is 0 Å². The summed E-state index contributed by atoms with van der Waals surface area (Å²) in [5.74, 6) is 1.01. The molecular weight excluding hydrogens is 228 g/mol. The van der Waals surface area contributed by atoms with Crippen LogP contribution in [0.25, 0.3) is 11.1 Å². The summed E-state index contributed by atoms with van der Waals surface area (Å²) < 4.78 is 11.4. The molecule has 0 radical (unpaired) electrons. The molecule has 1 aliphatic heterocycles. The quantitative estimate of drug-likeness (QED) is 0.902. The van der Waals surface area contributed by atoms with Crippen LogP contribution in [0.3, 0.4) is 0 Å². The van der Waals surface area contributed by atoms with E-state index in [-0.39, 0.29) is 5.92 Å². The lowest BCUT2D eigenvalue weighted by atomic mass is 10.0. The van der Waals surface area contributed by atoms with Crippen molar-refractivity contribution in [2.45, 2.75) is 25.8 Å². The summed E-state index contributed by atoms with van der Waals surface area (Å²) in [6.45, 7) is 6.51. The third-order valence-electron chi connectivity index (χ3n) is 3.50. The molecule has 2 atom stereocenters. The second-order valence-electron chi connectivity index (χ2n) is 4.78. The molecule has 1 aromatic heterocycles. The number of benzene rings is 1. The fourth-order valence-electron chi connectivity index (χ4n) is 2.52. The Hall–Kier alpha value is -1.39. The van der Waals surface area contributed by atoms with Gasteiger partial charge in [0.25, 0.3) is 0 Å². The highest BCUT2D eigenvalue weighted by atomic mass is 16.5. The van der Waals surface area contributed by atoms with E-state index in [9.17, 15) is 0 Å². The topological polar surface area (TPSA) is 47.3 Å². The Morgan fingerprint density at radius 2 is 2.28 bits per heavy atom. The first-order valence-electron chi connectivity index (χ1n) is 6.46. The SMILES string of the molecule is CCNC1COCC1c1nc2c(C)cccc2o1. The molecule has 1 aromatic carbocycles. The van der Waals surface area contributed by atoms with E-state index in [1.54, 1.807) is 0 Å². The van der Waals surface area contributed by atoms with Crippen molar-refractivity contribution >= 4 is 11.1 Å². The van der Waals surface area contributed by atoms with Crippen molar-refractivity contribution in [1.29, 1.82) is 0 Å². The molecule has 0 spiro atoms. The lowest BCUT2D eigenvalue weighted by Crippen LogP contribution is -2.34. The number of aryl methyl sites for hydroxylation is 1. The lowest BCUT2D eigenvalue weighted by Gasteiger charge is -2.14. The van der Waals surface area contributed by atoms with Crippen LogP contribution in [0.4, 0.5) is 0 Å². The second kappa shape index (κ2) is 4.71. The summed E-state index contributed by atoms with van der Waals surface area (Å²) in [6, 6.07) is 6.33. The molecule has 4 heteroatoms. The zero-order chi connectivity index (χ0) is 12.5. The predicted molar refractivity (Wildman–Crippen MR) is 69.8 cm³/mol. The van der Waals surface area contributed by atoms with Gasteiger partial charge in [-0.05, 0) is 25.1 Å². The fourth-order valence-corrected chi connectivity index (χ4v) is 2.52. The standard InChI is InChI=1S/C14H18N2O2/c1-3-15-11-8-17-7-10(11)14-16-13-9(2)5-4-6-12(13)18-14/h4-6,10-11,15H,3,7-8H2,1-2H3. The molecule has 1 saturated heterocycles. The van der Waals surface area contributed by atoms with Crippen LogP contribution < -0.4 is 5.32 Å². The van der Waals surface area contributed by atoms with E-state index in [1.807, 2.05) is 12.1 Å². The average molecular weight is 246 g/mol. The largest absolute Gasteiger partial charge is 0.440 e. The molecule has 4 nitrogen and oxygen atoms in total. The van der Waals surface area contributed by atoms with Gasteiger partial charge in [-0.3, -0.25) is 0 Å². The lowest BCUT2D eigenvalue weighted by molar-refractivity contribution is 0.186. The monoisotopic (exact) mass is 246 g/mol. The highest BCUT2D eigenvalue weighted by Crippen LogP contribution is 2.29. The summed E-state index contributed by atoms with van der Waals surface area (Å²) in [7, 11) is 0. The van der Waals surface area contributed by atoms with Gasteiger partial charge in [-0.1, -0.05) is 19.1 Å². The first kappa shape index (κ1) is 11.7. The van der Waals surface area contributed by atoms with Crippen molar-refractivity contribution in [2.24, 2.45) is 0 Å². The molecule has 18 heavy (non-hydrogen) atoms. The van der Waals surface area contributed by atoms with Crippen LogP contribution in [-0.4, -0.2) is 30.8 Å². The molecule has 2 unspecified atom stereocenters. The third-order valence-corrected chi connectivity index (χ3v) is 3.50. The first-order valence-corrected chi connectivity index (χ1v) is 6.46. The maximum atomic E-state index is 5.88. The van der Waals surface area contributed by atoms with Crippen LogP contribution >= 0.6 is 0 Å². The van der Waals surface area contributed by atoms with Crippen molar-refractivity contribution in [3.05, 3.63) is 29.7 Å². The molecule has 3 rings (SSSR count). The number of hydrogen-bond acceptors (Lipinski definition) is 4. The second-order valence-corrected chi connectivity index (χ2v) is 4.78. The number of hydrogen-bond donors (Lipinski definition) is 1. The zero-order valence-corrected chi connectivity index (χ0v) is 10.8. The molecule has 2 aromatic rings. The number of oxazole rings is 1. The Balaban J connectivity index is 1.96. The summed E-state index contributed by atoms with van der Waals surface area (Å²) in [5.41, 5.74) is 2.99. The first-order chi connectivity index (χ1) is 8.79. The van der Waals surface area contributed by atoms with Crippen LogP contribution in [0.15, 0.2) is 22.6 Å². The normalized spacial score (nSPS) is 23.9. The molecule has 0 amide bonds. The predicted octanol–water partition coefficient (Wildman–Crippen LogP) is 2.23. The van der Waals surface area contributed by atoms with E-state index in [2.05, 4.69) is 30.2 Å². The van der Waals surface area contributed by atoms with Crippen LogP contribution in [0, 0.1) is 6.92 Å². The molecule has 0 saturated carbocycles. The minimum absolute atomic E-state index is 0.219. The highest BCUT2D eigenvalue weighted by molar-refractivity contribution is 5.76. The van der Waals surface area contributed by atoms with Crippen LogP contribution in [0.2, 0.25) is 0 Å². The minimum Gasteiger partial charge on any atom is -0.440 e. The van der Waals surface area contributed by atoms with Crippen molar-refractivity contribution in [1.82, 2.24) is 10.3 Å². The number of nitrogens with zero attached hydrogens (tertiary/aromatic N) is 1. The van der Waals surface area contributed by atoms with Gasteiger partial charge in [-0.2, -0.15) is 0 Å². The maximum absolute atomic E-state index is 5.88. The molecule has 96 valence electrons. The van der Waals surface area contributed by atoms with E-state index in [0.717, 1.165) is 35.7 Å². The van der Waals surface area contributed by atoms with E-state index >= 15 is 0 Å². The van der Waals surface area contributed by atoms with Crippen molar-refractivity contribution < 1.29 is 9.15 Å². The number of nitrogens with one attached hydrogen (secondary N) is 1. The molecular formula is C14H18N2O2. The highest BCUT2D eigenvalue weighted by Gasteiger charge is 2.32. The van der Waals surface area contributed by atoms with Gasteiger partial charge in [0.2, 0.25) is 5.89 Å². The average Bonchev–Trinajstić information content (AvgIpc) is 2.95. The van der Waals surface area contributed by atoms with Gasteiger partial charge in [0.1, 0.15) is 5.52 Å². The Morgan fingerprint density at radius 3 is 3.06 bits per heavy atom. The van der Waals surface area contributed by atoms with Gasteiger partial charge in [0.05, 0.1) is 19.1 Å². The third kappa shape index (κ3) is 1.91. The smallest absolute Gasteiger partial charge is 0.202 e. The molecule has 1 fully saturated rings. The van der Waals surface area contributed by atoms with Crippen LogP contribution in [0.5, 0.6) is 0 Å². The Kier molecular flexibility index (Phi) is 3.06.